The molecule has 0 aliphatic rings. The molecule has 0 aliphatic heterocycles. The van der Waals surface area contributed by atoms with Crippen molar-refractivity contribution in [3.8, 4) is 16.9 Å². The Bertz CT molecular complexity index is 1120. The summed E-state index contributed by atoms with van der Waals surface area (Å²) in [6.07, 6.45) is -0.791. The molecular weight excluding hydrogens is 449 g/mol. The van der Waals surface area contributed by atoms with Crippen molar-refractivity contribution < 1.29 is 9.90 Å². The van der Waals surface area contributed by atoms with E-state index in [4.69, 9.17) is 34.8 Å². The maximum atomic E-state index is 13.1. The van der Waals surface area contributed by atoms with Gasteiger partial charge in [-0.15, -0.1) is 0 Å². The smallest absolute Gasteiger partial charge is 0.284 e. The Labute approximate surface area is 188 Å². The van der Waals surface area contributed by atoms with Crippen LogP contribution in [0.3, 0.4) is 0 Å². The van der Waals surface area contributed by atoms with Crippen molar-refractivity contribution in [3.05, 3.63) is 79.5 Å². The van der Waals surface area contributed by atoms with Gasteiger partial charge < -0.3 is 10.4 Å². The highest BCUT2D eigenvalue weighted by molar-refractivity contribution is 6.34. The number of hydrogen-bond acceptors (Lipinski definition) is 4. The lowest BCUT2D eigenvalue weighted by Gasteiger charge is -2.17. The summed E-state index contributed by atoms with van der Waals surface area (Å²) in [7, 11) is 0. The fourth-order valence-corrected chi connectivity index (χ4v) is 3.30. The van der Waals surface area contributed by atoms with Gasteiger partial charge in [0.05, 0.1) is 23.5 Å². The van der Waals surface area contributed by atoms with Gasteiger partial charge >= 0.3 is 0 Å². The number of aliphatic hydroxyl groups is 1. The molecule has 2 aromatic carbocycles. The summed E-state index contributed by atoms with van der Waals surface area (Å²) in [5.41, 5.74) is 0.543. The minimum absolute atomic E-state index is 0.140. The number of rotatable bonds is 5. The van der Waals surface area contributed by atoms with Gasteiger partial charge in [-0.05, 0) is 50.2 Å². The van der Waals surface area contributed by atoms with E-state index in [9.17, 15) is 14.7 Å². The van der Waals surface area contributed by atoms with Gasteiger partial charge in [0, 0.05) is 20.6 Å². The average molecular weight is 467 g/mol. The largest absolute Gasteiger partial charge is 0.391 e. The van der Waals surface area contributed by atoms with Gasteiger partial charge in [-0.3, -0.25) is 9.59 Å². The molecule has 3 aromatic rings. The first-order valence-corrected chi connectivity index (χ1v) is 10.1. The summed E-state index contributed by atoms with van der Waals surface area (Å²) in [5, 5.41) is 17.9. The molecule has 0 bridgehead atoms. The third kappa shape index (κ3) is 5.02. The fourth-order valence-electron chi connectivity index (χ4n) is 2.66. The Balaban J connectivity index is 2.20. The van der Waals surface area contributed by atoms with Crippen LogP contribution in [0.25, 0.3) is 16.9 Å². The minimum Gasteiger partial charge on any atom is -0.391 e. The lowest BCUT2D eigenvalue weighted by molar-refractivity contribution is 0.0871. The molecule has 1 amide bonds. The van der Waals surface area contributed by atoms with Crippen LogP contribution in [0, 0.1) is 0 Å². The van der Waals surface area contributed by atoms with Crippen LogP contribution in [0.4, 0.5) is 0 Å². The Hall–Kier alpha value is -2.38. The van der Waals surface area contributed by atoms with E-state index in [2.05, 4.69) is 10.4 Å². The minimum atomic E-state index is -0.791. The van der Waals surface area contributed by atoms with Crippen LogP contribution in [0.5, 0.6) is 0 Å². The highest BCUT2D eigenvalue weighted by Crippen LogP contribution is 2.23. The van der Waals surface area contributed by atoms with Crippen molar-refractivity contribution in [2.75, 3.05) is 0 Å². The molecule has 1 aromatic heterocycles. The van der Waals surface area contributed by atoms with Gasteiger partial charge in [-0.25, -0.2) is 0 Å². The van der Waals surface area contributed by atoms with Gasteiger partial charge in [-0.2, -0.15) is 9.78 Å². The molecule has 2 N–H and O–H groups in total. The molecule has 0 saturated carbocycles. The van der Waals surface area contributed by atoms with Crippen molar-refractivity contribution in [2.45, 2.75) is 26.0 Å². The van der Waals surface area contributed by atoms with Gasteiger partial charge in [0.1, 0.15) is 5.56 Å². The number of aliphatic hydroxyl groups excluding tert-OH is 1. The van der Waals surface area contributed by atoms with E-state index in [0.717, 1.165) is 4.68 Å². The number of nitrogens with one attached hydrogen (secondary N) is 1. The zero-order valence-electron chi connectivity index (χ0n) is 16.1. The topological polar surface area (TPSA) is 84.2 Å². The lowest BCUT2D eigenvalue weighted by Crippen LogP contribution is -2.42. The number of nitrogens with zero attached hydrogens (tertiary/aromatic N) is 2. The van der Waals surface area contributed by atoms with E-state index >= 15 is 0 Å². The first kappa shape index (κ1) is 22.3. The number of halogens is 3. The Kier molecular flexibility index (Phi) is 6.83. The van der Waals surface area contributed by atoms with E-state index in [0.29, 0.717) is 32.0 Å². The first-order chi connectivity index (χ1) is 14.2. The molecule has 30 heavy (non-hydrogen) atoms. The van der Waals surface area contributed by atoms with Crippen LogP contribution in [-0.4, -0.2) is 32.9 Å². The maximum Gasteiger partial charge on any atom is 0.284 e. The number of amides is 1. The Morgan fingerprint density at radius 1 is 1.00 bits per heavy atom. The van der Waals surface area contributed by atoms with E-state index in [1.165, 1.54) is 24.3 Å². The Morgan fingerprint density at radius 3 is 2.17 bits per heavy atom. The third-order valence-corrected chi connectivity index (χ3v) is 5.16. The third-order valence-electron chi connectivity index (χ3n) is 4.47. The molecule has 9 heteroatoms. The standard InChI is InChI=1S/C21H18Cl3N3O3/c1-11(12(2)28)25-20(29)18-10-19(13-3-5-14(22)6-4-13)26-27(21(18)30)17-8-15(23)7-16(24)9-17/h3-12,28H,1-2H3,(H,25,29). The molecule has 0 spiro atoms. The zero-order chi connectivity index (χ0) is 22.0. The quantitative estimate of drug-likeness (QED) is 0.585. The predicted molar refractivity (Wildman–Crippen MR) is 119 cm³/mol. The number of carbonyl (C=O) groups is 1. The van der Waals surface area contributed by atoms with Crippen molar-refractivity contribution in [2.24, 2.45) is 0 Å². The highest BCUT2D eigenvalue weighted by Gasteiger charge is 2.20. The van der Waals surface area contributed by atoms with Crippen molar-refractivity contribution in [3.63, 3.8) is 0 Å². The molecule has 2 unspecified atom stereocenters. The first-order valence-electron chi connectivity index (χ1n) is 9.01. The molecule has 0 fully saturated rings. The van der Waals surface area contributed by atoms with E-state index in [1.807, 2.05) is 0 Å². The predicted octanol–water partition coefficient (Wildman–Crippen LogP) is 4.36. The van der Waals surface area contributed by atoms with Crippen LogP contribution >= 0.6 is 34.8 Å². The van der Waals surface area contributed by atoms with Crippen LogP contribution in [0.15, 0.2) is 53.3 Å². The van der Waals surface area contributed by atoms with Crippen molar-refractivity contribution in [1.82, 2.24) is 15.1 Å². The summed E-state index contributed by atoms with van der Waals surface area (Å²) in [6, 6.07) is 12.2. The molecule has 0 saturated heterocycles. The second-order valence-electron chi connectivity index (χ2n) is 6.80. The monoisotopic (exact) mass is 465 g/mol. The van der Waals surface area contributed by atoms with Gasteiger partial charge in [0.2, 0.25) is 0 Å². The molecule has 1 heterocycles. The number of aromatic nitrogens is 2. The van der Waals surface area contributed by atoms with Crippen molar-refractivity contribution >= 4 is 40.7 Å². The van der Waals surface area contributed by atoms with Crippen LogP contribution < -0.4 is 10.9 Å². The molecule has 3 rings (SSSR count). The van der Waals surface area contributed by atoms with Gasteiger partial charge in [-0.1, -0.05) is 46.9 Å². The van der Waals surface area contributed by atoms with Crippen molar-refractivity contribution in [1.29, 1.82) is 0 Å². The Morgan fingerprint density at radius 2 is 1.60 bits per heavy atom. The summed E-state index contributed by atoms with van der Waals surface area (Å²) in [5.74, 6) is -0.632. The number of benzene rings is 2. The molecule has 2 atom stereocenters. The normalized spacial score (nSPS) is 13.0. The van der Waals surface area contributed by atoms with Crippen LogP contribution in [0.1, 0.15) is 24.2 Å². The van der Waals surface area contributed by atoms with E-state index in [1.54, 1.807) is 38.1 Å². The molecular formula is C21H18Cl3N3O3. The summed E-state index contributed by atoms with van der Waals surface area (Å²) < 4.78 is 1.07. The van der Waals surface area contributed by atoms with Gasteiger partial charge in [0.25, 0.3) is 11.5 Å². The van der Waals surface area contributed by atoms with Crippen LogP contribution in [0.2, 0.25) is 15.1 Å². The highest BCUT2D eigenvalue weighted by atomic mass is 35.5. The summed E-state index contributed by atoms with van der Waals surface area (Å²) >= 11 is 18.1. The summed E-state index contributed by atoms with van der Waals surface area (Å²) in [6.45, 7) is 3.18. The lowest BCUT2D eigenvalue weighted by atomic mass is 10.1. The zero-order valence-corrected chi connectivity index (χ0v) is 18.3. The summed E-state index contributed by atoms with van der Waals surface area (Å²) in [4.78, 5) is 25.9. The molecule has 156 valence electrons. The second-order valence-corrected chi connectivity index (χ2v) is 8.11. The maximum absolute atomic E-state index is 13.1. The number of hydrogen-bond donors (Lipinski definition) is 2. The average Bonchev–Trinajstić information content (AvgIpc) is 2.67. The van der Waals surface area contributed by atoms with Crippen LogP contribution in [-0.2, 0) is 0 Å². The van der Waals surface area contributed by atoms with E-state index in [-0.39, 0.29) is 5.56 Å². The second kappa shape index (κ2) is 9.18. The van der Waals surface area contributed by atoms with E-state index < -0.39 is 23.6 Å². The molecule has 6 nitrogen and oxygen atoms in total. The SMILES string of the molecule is CC(O)C(C)NC(=O)c1cc(-c2ccc(Cl)cc2)nn(-c2cc(Cl)cc(Cl)c2)c1=O. The molecule has 0 radical (unpaired) electrons. The molecule has 0 aliphatic carbocycles. The number of carbonyl (C=O) groups excluding carboxylic acids is 1. The fraction of sp³-hybridized carbons (Fsp3) is 0.190. The van der Waals surface area contributed by atoms with Gasteiger partial charge in [0.15, 0.2) is 0 Å².